The van der Waals surface area contributed by atoms with Crippen LogP contribution in [0.25, 0.3) is 0 Å². The highest BCUT2D eigenvalue weighted by Gasteiger charge is 2.43. The largest absolute Gasteiger partial charge is 0.586 e. The Hall–Kier alpha value is -2.19. The van der Waals surface area contributed by atoms with Gasteiger partial charge in [0.2, 0.25) is 0 Å². The van der Waals surface area contributed by atoms with Crippen molar-refractivity contribution in [3.05, 3.63) is 41.7 Å². The molecular formula is C14H15F2N3O3. The fourth-order valence-corrected chi connectivity index (χ4v) is 2.25. The molecule has 0 amide bonds. The number of halogens is 2. The molecular weight excluding hydrogens is 296 g/mol. The molecule has 0 radical (unpaired) electrons. The molecule has 0 saturated heterocycles. The van der Waals surface area contributed by atoms with Crippen LogP contribution in [0, 0.1) is 0 Å². The summed E-state index contributed by atoms with van der Waals surface area (Å²) in [5, 5.41) is 16.6. The van der Waals surface area contributed by atoms with E-state index in [-0.39, 0.29) is 24.1 Å². The van der Waals surface area contributed by atoms with Crippen molar-refractivity contribution < 1.29 is 23.4 Å². The van der Waals surface area contributed by atoms with Gasteiger partial charge in [-0.25, -0.2) is 0 Å². The molecule has 22 heavy (non-hydrogen) atoms. The second-order valence-corrected chi connectivity index (χ2v) is 5.01. The van der Waals surface area contributed by atoms with E-state index >= 15 is 0 Å². The number of rotatable bonds is 5. The van der Waals surface area contributed by atoms with Gasteiger partial charge in [0.15, 0.2) is 11.5 Å². The minimum absolute atomic E-state index is 0.00577. The van der Waals surface area contributed by atoms with Gasteiger partial charge in [-0.3, -0.25) is 4.68 Å². The van der Waals surface area contributed by atoms with Crippen LogP contribution in [0.4, 0.5) is 8.78 Å². The minimum atomic E-state index is -3.61. The van der Waals surface area contributed by atoms with E-state index in [9.17, 15) is 13.9 Å². The standard InChI is InChI=1S/C14H15F2N3O3/c1-19-7-10(6-18-19)11(8-20)17-5-9-2-3-12-13(4-9)22-14(15,16)21-12/h2-4,6-7,11,17,20H,5,8H2,1H3. The van der Waals surface area contributed by atoms with E-state index in [0.717, 1.165) is 11.1 Å². The van der Waals surface area contributed by atoms with Gasteiger partial charge in [-0.15, -0.1) is 8.78 Å². The van der Waals surface area contributed by atoms with Gasteiger partial charge in [-0.1, -0.05) is 6.07 Å². The number of hydrogen-bond acceptors (Lipinski definition) is 5. The molecule has 2 aromatic rings. The van der Waals surface area contributed by atoms with E-state index in [4.69, 9.17) is 0 Å². The van der Waals surface area contributed by atoms with Crippen LogP contribution < -0.4 is 14.8 Å². The third-order valence-corrected chi connectivity index (χ3v) is 3.33. The van der Waals surface area contributed by atoms with Crippen molar-refractivity contribution in [3.8, 4) is 11.5 Å². The highest BCUT2D eigenvalue weighted by atomic mass is 19.3. The summed E-state index contributed by atoms with van der Waals surface area (Å²) < 4.78 is 36.3. The van der Waals surface area contributed by atoms with Gasteiger partial charge in [0.25, 0.3) is 0 Å². The number of ether oxygens (including phenoxy) is 2. The maximum Gasteiger partial charge on any atom is 0.586 e. The quantitative estimate of drug-likeness (QED) is 0.877. The maximum atomic E-state index is 13.0. The summed E-state index contributed by atoms with van der Waals surface area (Å²) in [4.78, 5) is 0. The first-order valence-electron chi connectivity index (χ1n) is 6.68. The number of hydrogen-bond donors (Lipinski definition) is 2. The van der Waals surface area contributed by atoms with Crippen LogP contribution in [-0.4, -0.2) is 27.8 Å². The van der Waals surface area contributed by atoms with Crippen molar-refractivity contribution in [2.75, 3.05) is 6.61 Å². The minimum Gasteiger partial charge on any atom is -0.395 e. The van der Waals surface area contributed by atoms with E-state index in [1.807, 2.05) is 0 Å². The number of nitrogens with one attached hydrogen (secondary N) is 1. The van der Waals surface area contributed by atoms with Crippen molar-refractivity contribution in [3.63, 3.8) is 0 Å². The molecule has 1 unspecified atom stereocenters. The lowest BCUT2D eigenvalue weighted by Gasteiger charge is -2.14. The van der Waals surface area contributed by atoms with Gasteiger partial charge in [0, 0.05) is 25.4 Å². The normalized spacial score (nSPS) is 16.7. The second kappa shape index (κ2) is 5.54. The molecule has 0 saturated carbocycles. The van der Waals surface area contributed by atoms with Crippen LogP contribution in [0.15, 0.2) is 30.6 Å². The zero-order valence-corrected chi connectivity index (χ0v) is 11.8. The highest BCUT2D eigenvalue weighted by Crippen LogP contribution is 2.41. The molecule has 2 heterocycles. The molecule has 6 nitrogen and oxygen atoms in total. The third-order valence-electron chi connectivity index (χ3n) is 3.33. The molecule has 1 atom stereocenters. The number of benzene rings is 1. The van der Waals surface area contributed by atoms with Gasteiger partial charge in [0.1, 0.15) is 0 Å². The smallest absolute Gasteiger partial charge is 0.395 e. The zero-order valence-electron chi connectivity index (χ0n) is 11.8. The highest BCUT2D eigenvalue weighted by molar-refractivity contribution is 5.45. The molecule has 0 aliphatic carbocycles. The fourth-order valence-electron chi connectivity index (χ4n) is 2.25. The number of aryl methyl sites for hydroxylation is 1. The zero-order chi connectivity index (χ0) is 15.7. The van der Waals surface area contributed by atoms with Crippen molar-refractivity contribution in [1.82, 2.24) is 15.1 Å². The summed E-state index contributed by atoms with van der Waals surface area (Å²) in [6, 6.07) is 4.29. The van der Waals surface area contributed by atoms with Crippen LogP contribution in [0.5, 0.6) is 11.5 Å². The molecule has 1 aliphatic heterocycles. The second-order valence-electron chi connectivity index (χ2n) is 5.01. The molecule has 118 valence electrons. The first kappa shape index (κ1) is 14.7. The first-order valence-corrected chi connectivity index (χ1v) is 6.68. The molecule has 1 aromatic carbocycles. The van der Waals surface area contributed by atoms with Crippen molar-refractivity contribution in [2.45, 2.75) is 18.9 Å². The first-order chi connectivity index (χ1) is 10.5. The Morgan fingerprint density at radius 2 is 2.14 bits per heavy atom. The number of aliphatic hydroxyl groups is 1. The number of nitrogens with zero attached hydrogens (tertiary/aromatic N) is 2. The van der Waals surface area contributed by atoms with Gasteiger partial charge >= 0.3 is 6.29 Å². The summed E-state index contributed by atoms with van der Waals surface area (Å²) >= 11 is 0. The lowest BCUT2D eigenvalue weighted by atomic mass is 10.1. The molecule has 1 aliphatic rings. The molecule has 0 fully saturated rings. The SMILES string of the molecule is Cn1cc(C(CO)NCc2ccc3c(c2)OC(F)(F)O3)cn1. The Labute approximate surface area is 125 Å². The van der Waals surface area contributed by atoms with E-state index in [1.54, 1.807) is 30.2 Å². The average Bonchev–Trinajstić information content (AvgIpc) is 3.00. The molecule has 0 bridgehead atoms. The van der Waals surface area contributed by atoms with Crippen LogP contribution in [0.2, 0.25) is 0 Å². The molecule has 8 heteroatoms. The van der Waals surface area contributed by atoms with Gasteiger partial charge in [0.05, 0.1) is 18.8 Å². The maximum absolute atomic E-state index is 13.0. The van der Waals surface area contributed by atoms with Crippen molar-refractivity contribution in [1.29, 1.82) is 0 Å². The summed E-state index contributed by atoms with van der Waals surface area (Å²) in [5.74, 6) is 0.0194. The lowest BCUT2D eigenvalue weighted by molar-refractivity contribution is -0.286. The molecule has 3 rings (SSSR count). The lowest BCUT2D eigenvalue weighted by Crippen LogP contribution is -2.26. The number of aliphatic hydroxyl groups excluding tert-OH is 1. The number of aromatic nitrogens is 2. The Balaban J connectivity index is 1.67. The fraction of sp³-hybridized carbons (Fsp3) is 0.357. The molecule has 2 N–H and O–H groups in total. The predicted molar refractivity (Wildman–Crippen MR) is 72.5 cm³/mol. The summed E-state index contributed by atoms with van der Waals surface area (Å²) in [6.07, 6.45) is -0.153. The van der Waals surface area contributed by atoms with Crippen molar-refractivity contribution >= 4 is 0 Å². The Morgan fingerprint density at radius 3 is 2.82 bits per heavy atom. The number of fused-ring (bicyclic) bond motifs is 1. The third kappa shape index (κ3) is 3.02. The summed E-state index contributed by atoms with van der Waals surface area (Å²) in [6.45, 7) is 0.274. The van der Waals surface area contributed by atoms with E-state index in [1.165, 1.54) is 12.1 Å². The monoisotopic (exact) mass is 311 g/mol. The summed E-state index contributed by atoms with van der Waals surface area (Å²) in [7, 11) is 1.79. The number of alkyl halides is 2. The van der Waals surface area contributed by atoms with Crippen LogP contribution >= 0.6 is 0 Å². The Kier molecular flexibility index (Phi) is 3.71. The van der Waals surface area contributed by atoms with Gasteiger partial charge in [-0.05, 0) is 17.7 Å². The molecule has 0 spiro atoms. The Morgan fingerprint density at radius 1 is 1.36 bits per heavy atom. The van der Waals surface area contributed by atoms with Crippen LogP contribution in [0.3, 0.4) is 0 Å². The van der Waals surface area contributed by atoms with E-state index < -0.39 is 6.29 Å². The van der Waals surface area contributed by atoms with Crippen molar-refractivity contribution in [2.24, 2.45) is 7.05 Å². The topological polar surface area (TPSA) is 68.5 Å². The molecule has 1 aromatic heterocycles. The van der Waals surface area contributed by atoms with E-state index in [2.05, 4.69) is 19.9 Å². The summed E-state index contributed by atoms with van der Waals surface area (Å²) in [5.41, 5.74) is 1.58. The van der Waals surface area contributed by atoms with Crippen LogP contribution in [-0.2, 0) is 13.6 Å². The van der Waals surface area contributed by atoms with E-state index in [0.29, 0.717) is 6.54 Å². The average molecular weight is 311 g/mol. The van der Waals surface area contributed by atoms with Crippen LogP contribution in [0.1, 0.15) is 17.2 Å². The van der Waals surface area contributed by atoms with Gasteiger partial charge in [-0.2, -0.15) is 5.10 Å². The predicted octanol–water partition coefficient (Wildman–Crippen LogP) is 1.56. The Bertz CT molecular complexity index is 675. The van der Waals surface area contributed by atoms with Gasteiger partial charge < -0.3 is 19.9 Å².